The van der Waals surface area contributed by atoms with Gasteiger partial charge in [-0.05, 0) is 18.2 Å². The van der Waals surface area contributed by atoms with Crippen LogP contribution in [-0.4, -0.2) is 29.5 Å². The normalized spacial score (nSPS) is 10.8. The summed E-state index contributed by atoms with van der Waals surface area (Å²) in [5.74, 6) is -0.823. The Hall–Kier alpha value is -3.35. The molecule has 0 fully saturated rings. The van der Waals surface area contributed by atoms with Gasteiger partial charge in [-0.25, -0.2) is 0 Å². The van der Waals surface area contributed by atoms with Gasteiger partial charge < -0.3 is 29.2 Å². The van der Waals surface area contributed by atoms with Gasteiger partial charge in [-0.2, -0.15) is 0 Å². The second kappa shape index (κ2) is 5.69. The van der Waals surface area contributed by atoms with E-state index in [1.54, 1.807) is 0 Å². The lowest BCUT2D eigenvalue weighted by Crippen LogP contribution is -2.05. The van der Waals surface area contributed by atoms with Crippen molar-refractivity contribution in [3.05, 3.63) is 40.6 Å². The largest absolute Gasteiger partial charge is 0.508 e. The Morgan fingerprint density at radius 2 is 1.75 bits per heavy atom. The number of aromatic hydroxyl groups is 3. The van der Waals surface area contributed by atoms with Crippen LogP contribution < -0.4 is 14.9 Å². The maximum atomic E-state index is 12.5. The Morgan fingerprint density at radius 1 is 1.00 bits per heavy atom. The second-order valence-electron chi connectivity index (χ2n) is 5.01. The van der Waals surface area contributed by atoms with Crippen molar-refractivity contribution in [2.45, 2.75) is 0 Å². The van der Waals surface area contributed by atoms with E-state index in [2.05, 4.69) is 0 Å². The third-order valence-electron chi connectivity index (χ3n) is 3.59. The molecular formula is C17H14O7. The van der Waals surface area contributed by atoms with E-state index < -0.39 is 11.2 Å². The van der Waals surface area contributed by atoms with E-state index in [1.165, 1.54) is 44.6 Å². The van der Waals surface area contributed by atoms with Crippen molar-refractivity contribution in [1.82, 2.24) is 0 Å². The number of benzene rings is 2. The summed E-state index contributed by atoms with van der Waals surface area (Å²) in [6.07, 6.45) is 0. The molecule has 2 aromatic carbocycles. The Balaban J connectivity index is 2.41. The van der Waals surface area contributed by atoms with E-state index >= 15 is 0 Å². The van der Waals surface area contributed by atoms with Crippen LogP contribution in [0.4, 0.5) is 0 Å². The summed E-state index contributed by atoms with van der Waals surface area (Å²) in [6.45, 7) is 0. The molecule has 0 radical (unpaired) electrons. The highest BCUT2D eigenvalue weighted by molar-refractivity contribution is 5.89. The smallest absolute Gasteiger partial charge is 0.238 e. The molecule has 0 spiro atoms. The number of hydrogen-bond donors (Lipinski definition) is 3. The highest BCUT2D eigenvalue weighted by Gasteiger charge is 2.21. The van der Waals surface area contributed by atoms with E-state index in [0.29, 0.717) is 5.75 Å². The summed E-state index contributed by atoms with van der Waals surface area (Å²) in [6, 6.07) is 6.62. The highest BCUT2D eigenvalue weighted by Crippen LogP contribution is 2.39. The van der Waals surface area contributed by atoms with Gasteiger partial charge in [-0.1, -0.05) is 0 Å². The van der Waals surface area contributed by atoms with Gasteiger partial charge in [-0.3, -0.25) is 4.79 Å². The second-order valence-corrected chi connectivity index (χ2v) is 5.01. The van der Waals surface area contributed by atoms with E-state index in [9.17, 15) is 20.1 Å². The number of fused-ring (bicyclic) bond motifs is 1. The van der Waals surface area contributed by atoms with Gasteiger partial charge in [0.2, 0.25) is 11.2 Å². The van der Waals surface area contributed by atoms with Crippen LogP contribution in [0.3, 0.4) is 0 Å². The lowest BCUT2D eigenvalue weighted by molar-refractivity contribution is 0.394. The number of phenolic OH excluding ortho intramolecular Hbond substituents is 2. The monoisotopic (exact) mass is 330 g/mol. The summed E-state index contributed by atoms with van der Waals surface area (Å²) in [5.41, 5.74) is -0.645. The summed E-state index contributed by atoms with van der Waals surface area (Å²) in [7, 11) is 2.82. The van der Waals surface area contributed by atoms with E-state index in [1.807, 2.05) is 0 Å². The maximum absolute atomic E-state index is 12.5. The van der Waals surface area contributed by atoms with Crippen molar-refractivity contribution in [2.75, 3.05) is 14.2 Å². The number of phenols is 2. The molecule has 0 bridgehead atoms. The highest BCUT2D eigenvalue weighted by atomic mass is 16.5. The molecular weight excluding hydrogens is 316 g/mol. The molecule has 3 N–H and O–H groups in total. The predicted octanol–water partition coefficient (Wildman–Crippen LogP) is 2.59. The zero-order valence-corrected chi connectivity index (χ0v) is 12.9. The molecule has 0 amide bonds. The lowest BCUT2D eigenvalue weighted by Gasteiger charge is -2.11. The fourth-order valence-corrected chi connectivity index (χ4v) is 2.42. The molecule has 1 heterocycles. The first-order valence-corrected chi connectivity index (χ1v) is 6.90. The van der Waals surface area contributed by atoms with Gasteiger partial charge in [0.05, 0.1) is 19.8 Å². The Kier molecular flexibility index (Phi) is 3.69. The molecule has 0 aliphatic rings. The van der Waals surface area contributed by atoms with Crippen molar-refractivity contribution in [1.29, 1.82) is 0 Å². The van der Waals surface area contributed by atoms with E-state index in [4.69, 9.17) is 13.9 Å². The molecule has 124 valence electrons. The number of hydrogen-bond acceptors (Lipinski definition) is 7. The molecule has 7 nitrogen and oxygen atoms in total. The van der Waals surface area contributed by atoms with Gasteiger partial charge in [-0.15, -0.1) is 0 Å². The lowest BCUT2D eigenvalue weighted by atomic mass is 10.1. The quantitative estimate of drug-likeness (QED) is 0.633. The topological polar surface area (TPSA) is 109 Å². The Bertz CT molecular complexity index is 988. The Labute approximate surface area is 135 Å². The van der Waals surface area contributed by atoms with Gasteiger partial charge in [0.1, 0.15) is 34.0 Å². The molecule has 0 atom stereocenters. The first kappa shape index (κ1) is 15.5. The molecule has 7 heteroatoms. The molecule has 1 aromatic heterocycles. The molecule has 24 heavy (non-hydrogen) atoms. The zero-order chi connectivity index (χ0) is 17.4. The average molecular weight is 330 g/mol. The maximum Gasteiger partial charge on any atom is 0.238 e. The minimum atomic E-state index is -0.728. The summed E-state index contributed by atoms with van der Waals surface area (Å²) in [4.78, 5) is 12.5. The first-order chi connectivity index (χ1) is 11.5. The summed E-state index contributed by atoms with van der Waals surface area (Å²) < 4.78 is 15.9. The minimum Gasteiger partial charge on any atom is -0.508 e. The zero-order valence-electron chi connectivity index (χ0n) is 12.9. The standard InChI is InChI=1S/C17H14O7/c1-22-9-6-12(23-2)14-13(7-9)24-17(16(21)15(14)20)10-5-8(18)3-4-11(10)19/h3-7,18-19,21H,1-2H3. The molecule has 0 saturated carbocycles. The van der Waals surface area contributed by atoms with Crippen molar-refractivity contribution in [3.63, 3.8) is 0 Å². The molecule has 0 unspecified atom stereocenters. The van der Waals surface area contributed by atoms with E-state index in [0.717, 1.165) is 0 Å². The van der Waals surface area contributed by atoms with Crippen molar-refractivity contribution in [2.24, 2.45) is 0 Å². The van der Waals surface area contributed by atoms with Crippen molar-refractivity contribution in [3.8, 4) is 40.1 Å². The van der Waals surface area contributed by atoms with Crippen LogP contribution in [0.15, 0.2) is 39.5 Å². The van der Waals surface area contributed by atoms with Crippen LogP contribution in [0.1, 0.15) is 0 Å². The molecule has 0 aliphatic carbocycles. The number of rotatable bonds is 3. The van der Waals surface area contributed by atoms with Gasteiger partial charge in [0.25, 0.3) is 0 Å². The van der Waals surface area contributed by atoms with Crippen LogP contribution >= 0.6 is 0 Å². The van der Waals surface area contributed by atoms with Crippen molar-refractivity contribution < 1.29 is 29.2 Å². The van der Waals surface area contributed by atoms with Crippen molar-refractivity contribution >= 4 is 11.0 Å². The van der Waals surface area contributed by atoms with E-state index in [-0.39, 0.29) is 39.5 Å². The average Bonchev–Trinajstić information content (AvgIpc) is 2.59. The van der Waals surface area contributed by atoms with Crippen LogP contribution in [0.2, 0.25) is 0 Å². The Morgan fingerprint density at radius 3 is 2.42 bits per heavy atom. The van der Waals surface area contributed by atoms with Gasteiger partial charge in [0, 0.05) is 12.1 Å². The predicted molar refractivity (Wildman–Crippen MR) is 86.0 cm³/mol. The fraction of sp³-hybridized carbons (Fsp3) is 0.118. The van der Waals surface area contributed by atoms with Crippen LogP contribution in [0.5, 0.6) is 28.7 Å². The number of methoxy groups -OCH3 is 2. The van der Waals surface area contributed by atoms with Gasteiger partial charge in [0.15, 0.2) is 5.76 Å². The molecule has 3 rings (SSSR count). The fourth-order valence-electron chi connectivity index (χ4n) is 2.42. The van der Waals surface area contributed by atoms with Crippen LogP contribution in [0.25, 0.3) is 22.3 Å². The SMILES string of the molecule is COc1cc(OC)c2c(=O)c(O)c(-c3cc(O)ccc3O)oc2c1. The third kappa shape index (κ3) is 2.36. The third-order valence-corrected chi connectivity index (χ3v) is 3.59. The minimum absolute atomic E-state index is 0.0201. The first-order valence-electron chi connectivity index (χ1n) is 6.90. The van der Waals surface area contributed by atoms with Crippen LogP contribution in [0, 0.1) is 0 Å². The summed E-state index contributed by atoms with van der Waals surface area (Å²) >= 11 is 0. The number of ether oxygens (including phenoxy) is 2. The molecule has 0 saturated heterocycles. The molecule has 0 aliphatic heterocycles. The summed E-state index contributed by atoms with van der Waals surface area (Å²) in [5, 5.41) is 29.8. The van der Waals surface area contributed by atoms with Crippen LogP contribution in [-0.2, 0) is 0 Å². The van der Waals surface area contributed by atoms with Gasteiger partial charge >= 0.3 is 0 Å². The molecule has 3 aromatic rings.